The molecule has 2 aromatic rings. The van der Waals surface area contributed by atoms with Crippen molar-refractivity contribution in [2.75, 3.05) is 11.5 Å². The smallest absolute Gasteiger partial charge is 0.278 e. The number of nitrogens with two attached hydrogens (primary N) is 1. The molecule has 0 unspecified atom stereocenters. The van der Waals surface area contributed by atoms with Crippen LogP contribution in [0, 0.1) is 0 Å². The van der Waals surface area contributed by atoms with Crippen molar-refractivity contribution in [1.29, 1.82) is 0 Å². The van der Waals surface area contributed by atoms with Gasteiger partial charge in [-0.1, -0.05) is 11.2 Å². The van der Waals surface area contributed by atoms with Crippen LogP contribution in [0.3, 0.4) is 0 Å². The molecule has 14 heteroatoms. The Morgan fingerprint density at radius 3 is 2.74 bits per heavy atom. The third-order valence-corrected chi connectivity index (χ3v) is 7.25. The van der Waals surface area contributed by atoms with Crippen LogP contribution < -0.4 is 20.7 Å². The number of fused-ring (bicyclic) bond motifs is 1. The van der Waals surface area contributed by atoms with Crippen LogP contribution in [0.1, 0.15) is 18.7 Å². The van der Waals surface area contributed by atoms with Crippen LogP contribution in [0.5, 0.6) is 0 Å². The molecule has 34 heavy (non-hydrogen) atoms. The Labute approximate surface area is 201 Å². The predicted molar refractivity (Wildman–Crippen MR) is 119 cm³/mol. The minimum atomic E-state index is -1.43. The molecule has 0 aromatic carbocycles. The Balaban J connectivity index is 1.34. The largest absolute Gasteiger partial charge is 0.543 e. The standard InChI is InChI=1S/C20H19N7O5S2/c21-20-23-15(25-34-20)12(24-32-11-4-5-11)16(28)22-13-17(29)27-14(19(30)31)10(9-33-18(13)27)8-26-6-2-1-3-7-26/h1-3,6-7,11,13,18H,4-5,8-9H2,(H3-,21,22,23,25,28,30,31)/t13-,18+/m1/s1. The first-order chi connectivity index (χ1) is 16.4. The third kappa shape index (κ3) is 4.33. The van der Waals surface area contributed by atoms with Gasteiger partial charge in [0.05, 0.1) is 11.7 Å². The summed E-state index contributed by atoms with van der Waals surface area (Å²) >= 11 is 2.27. The zero-order valence-electron chi connectivity index (χ0n) is 17.6. The summed E-state index contributed by atoms with van der Waals surface area (Å²) in [5.74, 6) is -2.33. The molecule has 176 valence electrons. The first-order valence-corrected chi connectivity index (χ1v) is 12.2. The minimum absolute atomic E-state index is 0.00179. The van der Waals surface area contributed by atoms with Crippen molar-refractivity contribution in [3.63, 3.8) is 0 Å². The van der Waals surface area contributed by atoms with E-state index in [-0.39, 0.29) is 28.5 Å². The van der Waals surface area contributed by atoms with Crippen LogP contribution in [0.15, 0.2) is 47.0 Å². The molecule has 1 aliphatic carbocycles. The number of oxime groups is 1. The molecule has 5 rings (SSSR count). The average Bonchev–Trinajstić information content (AvgIpc) is 3.56. The molecule has 0 radical (unpaired) electrons. The molecule has 1 saturated carbocycles. The molecule has 2 amide bonds. The van der Waals surface area contributed by atoms with E-state index in [9.17, 15) is 19.5 Å². The molecule has 3 aliphatic rings. The first kappa shape index (κ1) is 22.3. The van der Waals surface area contributed by atoms with Crippen LogP contribution in [0.25, 0.3) is 0 Å². The highest BCUT2D eigenvalue weighted by Gasteiger charge is 2.53. The second-order valence-corrected chi connectivity index (χ2v) is 9.74. The fraction of sp³-hybridized carbons (Fsp3) is 0.350. The van der Waals surface area contributed by atoms with E-state index in [1.165, 1.54) is 16.7 Å². The summed E-state index contributed by atoms with van der Waals surface area (Å²) in [4.78, 5) is 48.3. The number of hydrogen-bond donors (Lipinski definition) is 2. The monoisotopic (exact) mass is 501 g/mol. The van der Waals surface area contributed by atoms with E-state index in [1.54, 1.807) is 12.4 Å². The molecule has 0 spiro atoms. The molecule has 2 aliphatic heterocycles. The van der Waals surface area contributed by atoms with E-state index in [0.717, 1.165) is 24.4 Å². The molecule has 12 nitrogen and oxygen atoms in total. The number of thioether (sulfide) groups is 1. The number of hydrogen-bond acceptors (Lipinski definition) is 11. The number of β-lactam (4-membered cyclic amide) rings is 1. The number of aromatic nitrogens is 3. The zero-order chi connectivity index (χ0) is 23.8. The van der Waals surface area contributed by atoms with Gasteiger partial charge in [0.2, 0.25) is 11.5 Å². The molecule has 1 saturated heterocycles. The van der Waals surface area contributed by atoms with E-state index < -0.39 is 29.2 Å². The van der Waals surface area contributed by atoms with Crippen molar-refractivity contribution < 1.29 is 28.9 Å². The number of pyridine rings is 1. The number of carbonyl (C=O) groups is 3. The van der Waals surface area contributed by atoms with E-state index >= 15 is 0 Å². The second-order valence-electron chi connectivity index (χ2n) is 7.85. The minimum Gasteiger partial charge on any atom is -0.543 e. The quantitative estimate of drug-likeness (QED) is 0.187. The van der Waals surface area contributed by atoms with Gasteiger partial charge in [-0.05, 0) is 12.8 Å². The number of carbonyl (C=O) groups excluding carboxylic acids is 3. The number of anilines is 1. The van der Waals surface area contributed by atoms with Gasteiger partial charge < -0.3 is 25.8 Å². The summed E-state index contributed by atoms with van der Waals surface area (Å²) in [7, 11) is 0. The Bertz CT molecular complexity index is 1210. The van der Waals surface area contributed by atoms with Crippen molar-refractivity contribution in [3.8, 4) is 0 Å². The number of nitrogens with zero attached hydrogens (tertiary/aromatic N) is 5. The highest BCUT2D eigenvalue weighted by Crippen LogP contribution is 2.40. The summed E-state index contributed by atoms with van der Waals surface area (Å²) in [5.41, 5.74) is 5.84. The summed E-state index contributed by atoms with van der Waals surface area (Å²) < 4.78 is 5.83. The van der Waals surface area contributed by atoms with Gasteiger partial charge in [-0.25, -0.2) is 4.57 Å². The molecule has 2 aromatic heterocycles. The van der Waals surface area contributed by atoms with Crippen LogP contribution in [0.2, 0.25) is 0 Å². The zero-order valence-corrected chi connectivity index (χ0v) is 19.3. The lowest BCUT2D eigenvalue weighted by Gasteiger charge is -2.50. The number of aliphatic carboxylic acids is 1. The van der Waals surface area contributed by atoms with Gasteiger partial charge in [-0.3, -0.25) is 14.5 Å². The van der Waals surface area contributed by atoms with Gasteiger partial charge in [-0.15, -0.1) is 11.8 Å². The Kier molecular flexibility index (Phi) is 5.91. The Morgan fingerprint density at radius 1 is 1.32 bits per heavy atom. The number of amides is 2. The fourth-order valence-electron chi connectivity index (χ4n) is 3.58. The van der Waals surface area contributed by atoms with Crippen LogP contribution in [0.4, 0.5) is 5.13 Å². The van der Waals surface area contributed by atoms with Crippen molar-refractivity contribution in [3.05, 3.63) is 47.7 Å². The molecule has 2 fully saturated rings. The molecule has 4 heterocycles. The van der Waals surface area contributed by atoms with Crippen molar-refractivity contribution in [2.24, 2.45) is 5.16 Å². The van der Waals surface area contributed by atoms with Gasteiger partial charge >= 0.3 is 0 Å². The number of nitrogens with one attached hydrogen (secondary N) is 1. The van der Waals surface area contributed by atoms with Gasteiger partial charge in [0, 0.05) is 35.0 Å². The van der Waals surface area contributed by atoms with Crippen molar-refractivity contribution in [2.45, 2.75) is 36.9 Å². The van der Waals surface area contributed by atoms with Crippen LogP contribution >= 0.6 is 23.3 Å². The molecular weight excluding hydrogens is 482 g/mol. The van der Waals surface area contributed by atoms with E-state index in [1.807, 2.05) is 22.8 Å². The number of carboxylic acids is 1. The normalized spacial score (nSPS) is 22.2. The van der Waals surface area contributed by atoms with Crippen LogP contribution in [-0.4, -0.2) is 61.0 Å². The highest BCUT2D eigenvalue weighted by molar-refractivity contribution is 8.00. The lowest BCUT2D eigenvalue weighted by atomic mass is 10.0. The SMILES string of the molecule is Nc1nc(C(=NOC2CC2)C(=O)N[C@@H]2C(=O)N3C(C(=O)[O-])=C(C[n+]4ccccc4)CS[C@@H]23)ns1. The number of nitrogen functional groups attached to an aromatic ring is 1. The molecule has 0 bridgehead atoms. The fourth-order valence-corrected chi connectivity index (χ4v) is 5.35. The maximum atomic E-state index is 13.0. The van der Waals surface area contributed by atoms with Crippen LogP contribution in [-0.2, 0) is 25.8 Å². The summed E-state index contributed by atoms with van der Waals surface area (Å²) in [5, 5.41) is 18.0. The lowest BCUT2D eigenvalue weighted by molar-refractivity contribution is -0.689. The summed E-state index contributed by atoms with van der Waals surface area (Å²) in [6.07, 6.45) is 5.22. The number of rotatable bonds is 8. The molecular formula is C20H19N7O5S2. The Morgan fingerprint density at radius 2 is 2.09 bits per heavy atom. The third-order valence-electron chi connectivity index (χ3n) is 5.36. The van der Waals surface area contributed by atoms with E-state index in [4.69, 9.17) is 10.6 Å². The summed E-state index contributed by atoms with van der Waals surface area (Å²) in [6, 6.07) is 4.57. The van der Waals surface area contributed by atoms with Gasteiger partial charge in [0.15, 0.2) is 24.1 Å². The second kappa shape index (κ2) is 9.02. The van der Waals surface area contributed by atoms with Crippen molar-refractivity contribution >= 4 is 51.9 Å². The van der Waals surface area contributed by atoms with Crippen molar-refractivity contribution in [1.82, 2.24) is 19.6 Å². The molecule has 3 N–H and O–H groups in total. The number of carboxylic acid groups (broad SMARTS) is 1. The Hall–Kier alpha value is -3.52. The lowest BCUT2D eigenvalue weighted by Crippen LogP contribution is -2.71. The maximum Gasteiger partial charge on any atom is 0.278 e. The summed E-state index contributed by atoms with van der Waals surface area (Å²) in [6.45, 7) is 0.302. The molecule has 2 atom stereocenters. The highest BCUT2D eigenvalue weighted by atomic mass is 32.2. The topological polar surface area (TPSA) is 167 Å². The van der Waals surface area contributed by atoms with E-state index in [0.29, 0.717) is 17.9 Å². The first-order valence-electron chi connectivity index (χ1n) is 10.4. The van der Waals surface area contributed by atoms with Gasteiger partial charge in [0.25, 0.3) is 11.8 Å². The predicted octanol–water partition coefficient (Wildman–Crippen LogP) is -1.60. The van der Waals surface area contributed by atoms with Gasteiger partial charge in [0.1, 0.15) is 17.5 Å². The average molecular weight is 502 g/mol. The van der Waals surface area contributed by atoms with Gasteiger partial charge in [-0.2, -0.15) is 9.36 Å². The maximum absolute atomic E-state index is 13.0. The van der Waals surface area contributed by atoms with E-state index in [2.05, 4.69) is 19.8 Å².